The van der Waals surface area contributed by atoms with Crippen molar-refractivity contribution in [3.05, 3.63) is 53.7 Å². The molecule has 4 heteroatoms. The first-order valence-corrected chi connectivity index (χ1v) is 6.66. The normalized spacial score (nSPS) is 10.9. The Morgan fingerprint density at radius 1 is 1.15 bits per heavy atom. The molecule has 3 aromatic rings. The number of nitrogens with two attached hydrogens (primary N) is 1. The van der Waals surface area contributed by atoms with Crippen LogP contribution in [0.2, 0.25) is 0 Å². The molecule has 4 nitrogen and oxygen atoms in total. The molecule has 2 aromatic carbocycles. The first-order chi connectivity index (χ1) is 9.66. The molecule has 1 aromatic heterocycles. The molecule has 0 bridgehead atoms. The zero-order chi connectivity index (χ0) is 14.1. The predicted octanol–water partition coefficient (Wildman–Crippen LogP) is 3.08. The molecule has 0 amide bonds. The van der Waals surface area contributed by atoms with Crippen LogP contribution >= 0.6 is 0 Å². The number of rotatable bonds is 3. The van der Waals surface area contributed by atoms with Gasteiger partial charge in [0, 0.05) is 13.6 Å². The summed E-state index contributed by atoms with van der Waals surface area (Å²) < 4.78 is 1.79. The predicted molar refractivity (Wildman–Crippen MR) is 83.6 cm³/mol. The molecule has 0 aliphatic carbocycles. The van der Waals surface area contributed by atoms with Crippen LogP contribution in [0, 0.1) is 6.92 Å². The standard InChI is InChI=1S/C16H18N4/c1-11-15(17)16(20(2)19-11)18-10-13-8-5-7-12-6-3-4-9-14(12)13/h3-9,18H,10,17H2,1-2H3. The molecule has 1 heterocycles. The average molecular weight is 266 g/mol. The van der Waals surface area contributed by atoms with Crippen molar-refractivity contribution in [2.24, 2.45) is 7.05 Å². The van der Waals surface area contributed by atoms with Gasteiger partial charge in [0.15, 0.2) is 0 Å². The van der Waals surface area contributed by atoms with Gasteiger partial charge in [-0.05, 0) is 23.3 Å². The van der Waals surface area contributed by atoms with Crippen molar-refractivity contribution < 1.29 is 0 Å². The van der Waals surface area contributed by atoms with Crippen LogP contribution in [0.4, 0.5) is 11.5 Å². The van der Waals surface area contributed by atoms with E-state index in [9.17, 15) is 0 Å². The van der Waals surface area contributed by atoms with Gasteiger partial charge in [-0.25, -0.2) is 0 Å². The van der Waals surface area contributed by atoms with Crippen LogP contribution in [0.5, 0.6) is 0 Å². The molecule has 0 fully saturated rings. The summed E-state index contributed by atoms with van der Waals surface area (Å²) >= 11 is 0. The Morgan fingerprint density at radius 3 is 2.65 bits per heavy atom. The minimum atomic E-state index is 0.715. The number of aromatic nitrogens is 2. The van der Waals surface area contributed by atoms with E-state index in [0.29, 0.717) is 5.69 Å². The van der Waals surface area contributed by atoms with E-state index in [4.69, 9.17) is 5.73 Å². The fraction of sp³-hybridized carbons (Fsp3) is 0.188. The maximum absolute atomic E-state index is 6.03. The Bertz CT molecular complexity index is 753. The molecule has 0 spiro atoms. The van der Waals surface area contributed by atoms with Gasteiger partial charge in [0.1, 0.15) is 5.82 Å². The van der Waals surface area contributed by atoms with Gasteiger partial charge in [0.05, 0.1) is 11.4 Å². The van der Waals surface area contributed by atoms with Crippen molar-refractivity contribution in [2.75, 3.05) is 11.1 Å². The number of fused-ring (bicyclic) bond motifs is 1. The lowest BCUT2D eigenvalue weighted by Crippen LogP contribution is -2.06. The number of anilines is 2. The molecule has 0 aliphatic rings. The van der Waals surface area contributed by atoms with Gasteiger partial charge in [0.25, 0.3) is 0 Å². The second-order valence-corrected chi connectivity index (χ2v) is 4.96. The molecule has 0 unspecified atom stereocenters. The lowest BCUT2D eigenvalue weighted by atomic mass is 10.0. The van der Waals surface area contributed by atoms with Crippen LogP contribution in [-0.2, 0) is 13.6 Å². The van der Waals surface area contributed by atoms with Crippen molar-refractivity contribution in [3.8, 4) is 0 Å². The molecule has 0 aliphatic heterocycles. The highest BCUT2D eigenvalue weighted by Gasteiger charge is 2.09. The summed E-state index contributed by atoms with van der Waals surface area (Å²) in [6, 6.07) is 14.7. The number of nitrogen functional groups attached to an aromatic ring is 1. The van der Waals surface area contributed by atoms with Crippen molar-refractivity contribution in [1.29, 1.82) is 0 Å². The first-order valence-electron chi connectivity index (χ1n) is 6.66. The minimum absolute atomic E-state index is 0.715. The molecule has 3 rings (SSSR count). The largest absolute Gasteiger partial charge is 0.394 e. The Kier molecular flexibility index (Phi) is 3.06. The zero-order valence-electron chi connectivity index (χ0n) is 11.7. The van der Waals surface area contributed by atoms with Crippen LogP contribution in [0.15, 0.2) is 42.5 Å². The monoisotopic (exact) mass is 266 g/mol. The quantitative estimate of drug-likeness (QED) is 0.766. The Hall–Kier alpha value is -2.49. The molecule has 3 N–H and O–H groups in total. The van der Waals surface area contributed by atoms with Crippen LogP contribution in [0.1, 0.15) is 11.3 Å². The summed E-state index contributed by atoms with van der Waals surface area (Å²) in [7, 11) is 1.90. The molecule has 0 saturated carbocycles. The number of nitrogens with zero attached hydrogens (tertiary/aromatic N) is 2. The van der Waals surface area contributed by atoms with Crippen LogP contribution in [-0.4, -0.2) is 9.78 Å². The van der Waals surface area contributed by atoms with Crippen molar-refractivity contribution in [3.63, 3.8) is 0 Å². The number of hydrogen-bond donors (Lipinski definition) is 2. The second-order valence-electron chi connectivity index (χ2n) is 4.96. The Morgan fingerprint density at radius 2 is 1.90 bits per heavy atom. The third kappa shape index (κ3) is 2.09. The fourth-order valence-corrected chi connectivity index (χ4v) is 2.51. The van der Waals surface area contributed by atoms with E-state index in [1.54, 1.807) is 4.68 Å². The minimum Gasteiger partial charge on any atom is -0.394 e. The van der Waals surface area contributed by atoms with Gasteiger partial charge >= 0.3 is 0 Å². The van der Waals surface area contributed by atoms with E-state index in [1.165, 1.54) is 16.3 Å². The summed E-state index contributed by atoms with van der Waals surface area (Å²) in [5, 5.41) is 10.2. The van der Waals surface area contributed by atoms with Gasteiger partial charge in [-0.2, -0.15) is 5.10 Å². The number of hydrogen-bond acceptors (Lipinski definition) is 3. The maximum atomic E-state index is 6.03. The third-order valence-corrected chi connectivity index (χ3v) is 3.59. The lowest BCUT2D eigenvalue weighted by Gasteiger charge is -2.10. The molecule has 0 atom stereocenters. The molecule has 102 valence electrons. The van der Waals surface area contributed by atoms with E-state index in [0.717, 1.165) is 18.1 Å². The third-order valence-electron chi connectivity index (χ3n) is 3.59. The van der Waals surface area contributed by atoms with Gasteiger partial charge in [-0.3, -0.25) is 4.68 Å². The summed E-state index contributed by atoms with van der Waals surface area (Å²) in [6.07, 6.45) is 0. The summed E-state index contributed by atoms with van der Waals surface area (Å²) in [5.41, 5.74) is 8.86. The number of benzene rings is 2. The molecule has 0 saturated heterocycles. The maximum Gasteiger partial charge on any atom is 0.148 e. The van der Waals surface area contributed by atoms with Crippen molar-refractivity contribution in [2.45, 2.75) is 13.5 Å². The van der Waals surface area contributed by atoms with Gasteiger partial charge in [-0.1, -0.05) is 42.5 Å². The Labute approximate surface area is 118 Å². The van der Waals surface area contributed by atoms with Gasteiger partial charge in [0.2, 0.25) is 0 Å². The lowest BCUT2D eigenvalue weighted by molar-refractivity contribution is 0.758. The van der Waals surface area contributed by atoms with E-state index in [1.807, 2.05) is 14.0 Å². The highest BCUT2D eigenvalue weighted by atomic mass is 15.3. The van der Waals surface area contributed by atoms with E-state index in [-0.39, 0.29) is 0 Å². The average Bonchev–Trinajstić information content (AvgIpc) is 2.70. The highest BCUT2D eigenvalue weighted by molar-refractivity contribution is 5.85. The molecular formula is C16H18N4. The van der Waals surface area contributed by atoms with Crippen molar-refractivity contribution in [1.82, 2.24) is 9.78 Å². The fourth-order valence-electron chi connectivity index (χ4n) is 2.51. The topological polar surface area (TPSA) is 55.9 Å². The van der Waals surface area contributed by atoms with E-state index in [2.05, 4.69) is 52.9 Å². The first kappa shape index (κ1) is 12.5. The molecule has 0 radical (unpaired) electrons. The van der Waals surface area contributed by atoms with Gasteiger partial charge < -0.3 is 11.1 Å². The smallest absolute Gasteiger partial charge is 0.148 e. The van der Waals surface area contributed by atoms with Crippen molar-refractivity contribution >= 4 is 22.3 Å². The van der Waals surface area contributed by atoms with E-state index >= 15 is 0 Å². The van der Waals surface area contributed by atoms with E-state index < -0.39 is 0 Å². The number of nitrogens with one attached hydrogen (secondary N) is 1. The summed E-state index contributed by atoms with van der Waals surface area (Å²) in [4.78, 5) is 0. The second kappa shape index (κ2) is 4.89. The highest BCUT2D eigenvalue weighted by Crippen LogP contribution is 2.23. The Balaban J connectivity index is 1.91. The number of aryl methyl sites for hydroxylation is 2. The summed E-state index contributed by atoms with van der Waals surface area (Å²) in [5.74, 6) is 0.871. The molecular weight excluding hydrogens is 248 g/mol. The van der Waals surface area contributed by atoms with Crippen LogP contribution in [0.3, 0.4) is 0 Å². The summed E-state index contributed by atoms with van der Waals surface area (Å²) in [6.45, 7) is 2.64. The zero-order valence-corrected chi connectivity index (χ0v) is 11.7. The SMILES string of the molecule is Cc1nn(C)c(NCc2cccc3ccccc23)c1N. The van der Waals surface area contributed by atoms with Crippen LogP contribution in [0.25, 0.3) is 10.8 Å². The van der Waals surface area contributed by atoms with Crippen LogP contribution < -0.4 is 11.1 Å². The van der Waals surface area contributed by atoms with Gasteiger partial charge in [-0.15, -0.1) is 0 Å². The molecule has 20 heavy (non-hydrogen) atoms.